The smallest absolute Gasteiger partial charge is 0.0945 e. The SMILES string of the molecule is CC(C)CC1CNC(C2CC2)CN1CCCn1ccnc1. The fourth-order valence-corrected chi connectivity index (χ4v) is 3.62. The first-order valence-electron chi connectivity index (χ1n) is 8.65. The van der Waals surface area contributed by atoms with Crippen LogP contribution < -0.4 is 5.32 Å². The van der Waals surface area contributed by atoms with Crippen molar-refractivity contribution >= 4 is 0 Å². The van der Waals surface area contributed by atoms with Crippen LogP contribution in [0.15, 0.2) is 18.7 Å². The fourth-order valence-electron chi connectivity index (χ4n) is 3.62. The van der Waals surface area contributed by atoms with Crippen LogP contribution in [0, 0.1) is 11.8 Å². The molecule has 4 nitrogen and oxygen atoms in total. The second-order valence-corrected chi connectivity index (χ2v) is 7.28. The van der Waals surface area contributed by atoms with E-state index in [0.717, 1.165) is 30.5 Å². The standard InChI is InChI=1S/C17H30N4/c1-14(2)10-16-11-19-17(15-4-5-15)12-21(16)8-3-7-20-9-6-18-13-20/h6,9,13-17,19H,3-5,7-8,10-12H2,1-2H3. The summed E-state index contributed by atoms with van der Waals surface area (Å²) in [6, 6.07) is 1.48. The lowest BCUT2D eigenvalue weighted by molar-refractivity contribution is 0.104. The highest BCUT2D eigenvalue weighted by Crippen LogP contribution is 2.34. The minimum Gasteiger partial charge on any atom is -0.337 e. The molecule has 4 heteroatoms. The van der Waals surface area contributed by atoms with Crippen molar-refractivity contribution in [2.75, 3.05) is 19.6 Å². The van der Waals surface area contributed by atoms with Crippen molar-refractivity contribution in [3.05, 3.63) is 18.7 Å². The third-order valence-corrected chi connectivity index (χ3v) is 4.92. The number of hydrogen-bond donors (Lipinski definition) is 1. The highest BCUT2D eigenvalue weighted by Gasteiger charge is 2.36. The fraction of sp³-hybridized carbons (Fsp3) is 0.824. The van der Waals surface area contributed by atoms with Crippen LogP contribution in [0.5, 0.6) is 0 Å². The number of nitrogens with one attached hydrogen (secondary N) is 1. The third kappa shape index (κ3) is 4.30. The molecule has 1 N–H and O–H groups in total. The number of aromatic nitrogens is 2. The molecule has 1 aromatic rings. The second-order valence-electron chi connectivity index (χ2n) is 7.28. The maximum absolute atomic E-state index is 4.12. The van der Waals surface area contributed by atoms with Gasteiger partial charge in [-0.1, -0.05) is 13.8 Å². The molecule has 0 spiro atoms. The Morgan fingerprint density at radius 1 is 1.29 bits per heavy atom. The number of rotatable bonds is 7. The summed E-state index contributed by atoms with van der Waals surface area (Å²) in [6.07, 6.45) is 11.3. The lowest BCUT2D eigenvalue weighted by atomic mass is 9.97. The molecule has 3 rings (SSSR count). The number of piperazine rings is 1. The average molecular weight is 290 g/mol. The van der Waals surface area contributed by atoms with Crippen LogP contribution >= 0.6 is 0 Å². The van der Waals surface area contributed by atoms with Gasteiger partial charge in [0.1, 0.15) is 0 Å². The Bertz CT molecular complexity index is 410. The lowest BCUT2D eigenvalue weighted by Gasteiger charge is -2.41. The first-order chi connectivity index (χ1) is 10.2. The summed E-state index contributed by atoms with van der Waals surface area (Å²) in [5.41, 5.74) is 0. The van der Waals surface area contributed by atoms with E-state index in [1.54, 1.807) is 0 Å². The van der Waals surface area contributed by atoms with Crippen molar-refractivity contribution in [1.82, 2.24) is 19.8 Å². The number of imidazole rings is 1. The second kappa shape index (κ2) is 6.93. The molecule has 2 aliphatic rings. The number of hydrogen-bond acceptors (Lipinski definition) is 3. The third-order valence-electron chi connectivity index (χ3n) is 4.92. The summed E-state index contributed by atoms with van der Waals surface area (Å²) >= 11 is 0. The quantitative estimate of drug-likeness (QED) is 0.837. The maximum atomic E-state index is 4.12. The van der Waals surface area contributed by atoms with Gasteiger partial charge in [-0.15, -0.1) is 0 Å². The Hall–Kier alpha value is -0.870. The van der Waals surface area contributed by atoms with Crippen molar-refractivity contribution in [2.24, 2.45) is 11.8 Å². The summed E-state index contributed by atoms with van der Waals surface area (Å²) in [7, 11) is 0. The molecule has 0 radical (unpaired) electrons. The van der Waals surface area contributed by atoms with Gasteiger partial charge in [0.2, 0.25) is 0 Å². The minimum absolute atomic E-state index is 0.725. The molecule has 0 amide bonds. The van der Waals surface area contributed by atoms with Crippen molar-refractivity contribution in [1.29, 1.82) is 0 Å². The van der Waals surface area contributed by atoms with Gasteiger partial charge in [-0.25, -0.2) is 4.98 Å². The van der Waals surface area contributed by atoms with Gasteiger partial charge in [0.15, 0.2) is 0 Å². The van der Waals surface area contributed by atoms with Crippen LogP contribution in [0.25, 0.3) is 0 Å². The van der Waals surface area contributed by atoms with Gasteiger partial charge in [0, 0.05) is 50.7 Å². The van der Waals surface area contributed by atoms with Crippen LogP contribution in [0.1, 0.15) is 39.5 Å². The molecule has 0 aromatic carbocycles. The first kappa shape index (κ1) is 15.0. The normalized spacial score (nSPS) is 27.4. The summed E-state index contributed by atoms with van der Waals surface area (Å²) in [5, 5.41) is 3.81. The van der Waals surface area contributed by atoms with E-state index in [2.05, 4.69) is 39.8 Å². The van der Waals surface area contributed by atoms with E-state index in [4.69, 9.17) is 0 Å². The largest absolute Gasteiger partial charge is 0.337 e. The zero-order valence-corrected chi connectivity index (χ0v) is 13.5. The van der Waals surface area contributed by atoms with E-state index >= 15 is 0 Å². The summed E-state index contributed by atoms with van der Waals surface area (Å²) in [4.78, 5) is 6.89. The predicted octanol–water partition coefficient (Wildman–Crippen LogP) is 2.37. The molecule has 118 valence electrons. The zero-order valence-electron chi connectivity index (χ0n) is 13.5. The Labute approximate surface area is 128 Å². The van der Waals surface area contributed by atoms with E-state index in [-0.39, 0.29) is 0 Å². The van der Waals surface area contributed by atoms with Gasteiger partial charge in [-0.3, -0.25) is 4.90 Å². The van der Waals surface area contributed by atoms with Crippen molar-refractivity contribution < 1.29 is 0 Å². The van der Waals surface area contributed by atoms with Crippen LogP contribution in [0.4, 0.5) is 0 Å². The van der Waals surface area contributed by atoms with Gasteiger partial charge in [-0.2, -0.15) is 0 Å². The first-order valence-corrected chi connectivity index (χ1v) is 8.65. The molecule has 0 bridgehead atoms. The number of nitrogens with zero attached hydrogens (tertiary/aromatic N) is 3. The molecule has 2 heterocycles. The molecular formula is C17H30N4. The molecule has 1 aliphatic carbocycles. The zero-order chi connectivity index (χ0) is 14.7. The van der Waals surface area contributed by atoms with Gasteiger partial charge < -0.3 is 9.88 Å². The topological polar surface area (TPSA) is 33.1 Å². The van der Waals surface area contributed by atoms with Crippen molar-refractivity contribution in [3.8, 4) is 0 Å². The van der Waals surface area contributed by atoms with Gasteiger partial charge in [0.25, 0.3) is 0 Å². The Kier molecular flexibility index (Phi) is 4.96. The lowest BCUT2D eigenvalue weighted by Crippen LogP contribution is -2.57. The van der Waals surface area contributed by atoms with E-state index in [9.17, 15) is 0 Å². The van der Waals surface area contributed by atoms with E-state index in [1.165, 1.54) is 45.3 Å². The van der Waals surface area contributed by atoms with Crippen LogP contribution in [-0.2, 0) is 6.54 Å². The maximum Gasteiger partial charge on any atom is 0.0945 e. The van der Waals surface area contributed by atoms with Gasteiger partial charge in [0.05, 0.1) is 6.33 Å². The van der Waals surface area contributed by atoms with Crippen LogP contribution in [0.2, 0.25) is 0 Å². The molecule has 2 unspecified atom stereocenters. The van der Waals surface area contributed by atoms with Crippen molar-refractivity contribution in [2.45, 2.75) is 58.2 Å². The van der Waals surface area contributed by atoms with Gasteiger partial charge in [-0.05, 0) is 37.5 Å². The Morgan fingerprint density at radius 3 is 2.81 bits per heavy atom. The van der Waals surface area contributed by atoms with E-state index in [0.29, 0.717) is 0 Å². The minimum atomic E-state index is 0.725. The summed E-state index contributed by atoms with van der Waals surface area (Å²) < 4.78 is 2.19. The van der Waals surface area contributed by atoms with E-state index in [1.807, 2.05) is 12.5 Å². The Morgan fingerprint density at radius 2 is 2.14 bits per heavy atom. The molecule has 1 aromatic heterocycles. The highest BCUT2D eigenvalue weighted by molar-refractivity contribution is 4.94. The molecule has 1 saturated heterocycles. The summed E-state index contributed by atoms with van der Waals surface area (Å²) in [6.45, 7) is 9.44. The Balaban J connectivity index is 1.51. The van der Waals surface area contributed by atoms with Gasteiger partial charge >= 0.3 is 0 Å². The molecule has 21 heavy (non-hydrogen) atoms. The van der Waals surface area contributed by atoms with Crippen LogP contribution in [-0.4, -0.2) is 46.2 Å². The molecule has 2 fully saturated rings. The van der Waals surface area contributed by atoms with Crippen molar-refractivity contribution in [3.63, 3.8) is 0 Å². The van der Waals surface area contributed by atoms with Crippen LogP contribution in [0.3, 0.4) is 0 Å². The molecular weight excluding hydrogens is 260 g/mol. The molecule has 1 saturated carbocycles. The monoisotopic (exact) mass is 290 g/mol. The van der Waals surface area contributed by atoms with E-state index < -0.39 is 0 Å². The molecule has 1 aliphatic heterocycles. The number of aryl methyl sites for hydroxylation is 1. The average Bonchev–Trinajstić information content (AvgIpc) is 3.18. The molecule has 2 atom stereocenters. The highest BCUT2D eigenvalue weighted by atomic mass is 15.2. The predicted molar refractivity (Wildman–Crippen MR) is 86.2 cm³/mol. The summed E-state index contributed by atoms with van der Waals surface area (Å²) in [5.74, 6) is 1.74.